The standard InChI is InChI=1S/C21H20O3/c1-24-20(23)21(13-17-5-2-3-8-18(17)19(21)22)12-14-9-10-15-6-4-7-16(15)11-14/h2-3,5,8-11H,4,6-7,12-13H2,1H3/t21-/m0/s1. The van der Waals surface area contributed by atoms with E-state index in [0.717, 1.165) is 24.0 Å². The Kier molecular flexibility index (Phi) is 3.52. The van der Waals surface area contributed by atoms with Gasteiger partial charge in [-0.2, -0.15) is 0 Å². The number of carbonyl (C=O) groups excluding carboxylic acids is 2. The first-order chi connectivity index (χ1) is 11.6. The van der Waals surface area contributed by atoms with Gasteiger partial charge in [-0.3, -0.25) is 9.59 Å². The molecule has 0 N–H and O–H groups in total. The van der Waals surface area contributed by atoms with Crippen LogP contribution in [0.3, 0.4) is 0 Å². The first-order valence-electron chi connectivity index (χ1n) is 8.46. The molecule has 0 radical (unpaired) electrons. The fourth-order valence-corrected chi connectivity index (χ4v) is 4.22. The number of methoxy groups -OCH3 is 1. The average Bonchev–Trinajstić information content (AvgIpc) is 3.18. The van der Waals surface area contributed by atoms with Crippen molar-refractivity contribution in [3.63, 3.8) is 0 Å². The summed E-state index contributed by atoms with van der Waals surface area (Å²) in [4.78, 5) is 25.7. The third-order valence-electron chi connectivity index (χ3n) is 5.43. The van der Waals surface area contributed by atoms with E-state index in [9.17, 15) is 9.59 Å². The first kappa shape index (κ1) is 15.1. The van der Waals surface area contributed by atoms with E-state index in [0.29, 0.717) is 18.4 Å². The van der Waals surface area contributed by atoms with E-state index in [2.05, 4.69) is 18.2 Å². The predicted octanol–water partition coefficient (Wildman–Crippen LogP) is 3.32. The highest BCUT2D eigenvalue weighted by atomic mass is 16.5. The molecule has 3 heteroatoms. The summed E-state index contributed by atoms with van der Waals surface area (Å²) in [5.74, 6) is -0.533. The van der Waals surface area contributed by atoms with Crippen molar-refractivity contribution in [1.82, 2.24) is 0 Å². The van der Waals surface area contributed by atoms with Crippen molar-refractivity contribution in [3.8, 4) is 0 Å². The maximum Gasteiger partial charge on any atom is 0.320 e. The Morgan fingerprint density at radius 2 is 1.88 bits per heavy atom. The molecule has 0 heterocycles. The largest absolute Gasteiger partial charge is 0.468 e. The van der Waals surface area contributed by atoms with E-state index in [4.69, 9.17) is 4.74 Å². The van der Waals surface area contributed by atoms with Gasteiger partial charge in [-0.15, -0.1) is 0 Å². The summed E-state index contributed by atoms with van der Waals surface area (Å²) in [6.07, 6.45) is 4.22. The minimum absolute atomic E-state index is 0.106. The fraction of sp³-hybridized carbons (Fsp3) is 0.333. The number of ketones is 1. The van der Waals surface area contributed by atoms with E-state index >= 15 is 0 Å². The highest BCUT2D eigenvalue weighted by Crippen LogP contribution is 2.41. The monoisotopic (exact) mass is 320 g/mol. The fourth-order valence-electron chi connectivity index (χ4n) is 4.22. The summed E-state index contributed by atoms with van der Waals surface area (Å²) >= 11 is 0. The van der Waals surface area contributed by atoms with Gasteiger partial charge in [0.05, 0.1) is 7.11 Å². The number of carbonyl (C=O) groups is 2. The molecule has 122 valence electrons. The van der Waals surface area contributed by atoms with Crippen LogP contribution in [0.15, 0.2) is 42.5 Å². The van der Waals surface area contributed by atoms with Crippen molar-refractivity contribution in [2.24, 2.45) is 5.41 Å². The second kappa shape index (κ2) is 5.59. The Balaban J connectivity index is 1.74. The SMILES string of the molecule is COC(=O)[C@@]1(Cc2ccc3c(c2)CCC3)Cc2ccccc2C1=O. The molecule has 0 fully saturated rings. The van der Waals surface area contributed by atoms with Gasteiger partial charge < -0.3 is 4.74 Å². The van der Waals surface area contributed by atoms with Crippen LogP contribution in [0, 0.1) is 5.41 Å². The predicted molar refractivity (Wildman–Crippen MR) is 91.1 cm³/mol. The van der Waals surface area contributed by atoms with Crippen LogP contribution >= 0.6 is 0 Å². The van der Waals surface area contributed by atoms with Crippen molar-refractivity contribution in [1.29, 1.82) is 0 Å². The number of rotatable bonds is 3. The second-order valence-corrected chi connectivity index (χ2v) is 6.87. The minimum atomic E-state index is -1.12. The zero-order chi connectivity index (χ0) is 16.7. The van der Waals surface area contributed by atoms with Crippen LogP contribution in [-0.4, -0.2) is 18.9 Å². The van der Waals surface area contributed by atoms with Crippen LogP contribution in [-0.2, 0) is 35.2 Å². The third-order valence-corrected chi connectivity index (χ3v) is 5.43. The van der Waals surface area contributed by atoms with Crippen molar-refractivity contribution in [3.05, 3.63) is 70.3 Å². The normalized spacial score (nSPS) is 21.5. The quantitative estimate of drug-likeness (QED) is 0.644. The number of hydrogen-bond donors (Lipinski definition) is 0. The molecule has 1 atom stereocenters. The Morgan fingerprint density at radius 3 is 2.67 bits per heavy atom. The van der Waals surface area contributed by atoms with Crippen molar-refractivity contribution < 1.29 is 14.3 Å². The Bertz CT molecular complexity index is 837. The zero-order valence-corrected chi connectivity index (χ0v) is 13.8. The van der Waals surface area contributed by atoms with Crippen LogP contribution in [0.2, 0.25) is 0 Å². The number of benzene rings is 2. The lowest BCUT2D eigenvalue weighted by Crippen LogP contribution is -2.40. The van der Waals surface area contributed by atoms with Crippen molar-refractivity contribution in [2.75, 3.05) is 7.11 Å². The molecule has 0 amide bonds. The molecule has 0 saturated carbocycles. The van der Waals surface area contributed by atoms with Gasteiger partial charge in [-0.05, 0) is 54.4 Å². The molecule has 3 nitrogen and oxygen atoms in total. The number of ether oxygens (including phenoxy) is 1. The lowest BCUT2D eigenvalue weighted by atomic mass is 9.77. The summed E-state index contributed by atoms with van der Waals surface area (Å²) in [5, 5.41) is 0. The molecular weight excluding hydrogens is 300 g/mol. The summed E-state index contributed by atoms with van der Waals surface area (Å²) in [6, 6.07) is 13.9. The van der Waals surface area contributed by atoms with Crippen LogP contribution in [0.4, 0.5) is 0 Å². The van der Waals surface area contributed by atoms with Crippen LogP contribution in [0.25, 0.3) is 0 Å². The smallest absolute Gasteiger partial charge is 0.320 e. The van der Waals surface area contributed by atoms with Crippen molar-refractivity contribution >= 4 is 11.8 Å². The average molecular weight is 320 g/mol. The molecule has 0 bridgehead atoms. The summed E-state index contributed by atoms with van der Waals surface area (Å²) < 4.78 is 5.04. The Labute approximate surface area is 141 Å². The van der Waals surface area contributed by atoms with Crippen LogP contribution in [0.5, 0.6) is 0 Å². The highest BCUT2D eigenvalue weighted by Gasteiger charge is 2.52. The van der Waals surface area contributed by atoms with E-state index in [1.54, 1.807) is 0 Å². The number of Topliss-reactive ketones (excluding diaryl/α,β-unsaturated/α-hetero) is 1. The summed E-state index contributed by atoms with van der Waals surface area (Å²) in [7, 11) is 1.36. The molecule has 2 aromatic carbocycles. The number of aryl methyl sites for hydroxylation is 2. The third kappa shape index (κ3) is 2.19. The van der Waals surface area contributed by atoms with Gasteiger partial charge in [0.25, 0.3) is 0 Å². The minimum Gasteiger partial charge on any atom is -0.468 e. The second-order valence-electron chi connectivity index (χ2n) is 6.87. The number of fused-ring (bicyclic) bond motifs is 2. The molecule has 24 heavy (non-hydrogen) atoms. The maximum atomic E-state index is 13.1. The topological polar surface area (TPSA) is 43.4 Å². The lowest BCUT2D eigenvalue weighted by Gasteiger charge is -2.24. The number of hydrogen-bond acceptors (Lipinski definition) is 3. The van der Waals surface area contributed by atoms with E-state index in [-0.39, 0.29) is 5.78 Å². The molecule has 0 spiro atoms. The van der Waals surface area contributed by atoms with Gasteiger partial charge in [0, 0.05) is 5.56 Å². The van der Waals surface area contributed by atoms with E-state index in [1.165, 1.54) is 24.7 Å². The van der Waals surface area contributed by atoms with E-state index in [1.807, 2.05) is 24.3 Å². The lowest BCUT2D eigenvalue weighted by molar-refractivity contribution is -0.149. The van der Waals surface area contributed by atoms with Crippen LogP contribution in [0.1, 0.15) is 39.0 Å². The first-order valence-corrected chi connectivity index (χ1v) is 8.46. The molecule has 2 aliphatic rings. The molecule has 0 aliphatic heterocycles. The molecular formula is C21H20O3. The molecule has 0 aromatic heterocycles. The summed E-state index contributed by atoms with van der Waals surface area (Å²) in [6.45, 7) is 0. The van der Waals surface area contributed by atoms with Gasteiger partial charge in [0.1, 0.15) is 5.41 Å². The van der Waals surface area contributed by atoms with Gasteiger partial charge in [0.15, 0.2) is 5.78 Å². The van der Waals surface area contributed by atoms with Gasteiger partial charge >= 0.3 is 5.97 Å². The van der Waals surface area contributed by atoms with Gasteiger partial charge in [-0.1, -0.05) is 42.5 Å². The maximum absolute atomic E-state index is 13.1. The molecule has 0 unspecified atom stereocenters. The van der Waals surface area contributed by atoms with Gasteiger partial charge in [0.2, 0.25) is 0 Å². The molecule has 2 aromatic rings. The summed E-state index contributed by atoms with van der Waals surface area (Å²) in [5.41, 5.74) is 4.27. The molecule has 0 saturated heterocycles. The van der Waals surface area contributed by atoms with E-state index < -0.39 is 11.4 Å². The van der Waals surface area contributed by atoms with Crippen LogP contribution < -0.4 is 0 Å². The Hall–Kier alpha value is -2.42. The van der Waals surface area contributed by atoms with Gasteiger partial charge in [-0.25, -0.2) is 0 Å². The molecule has 2 aliphatic carbocycles. The molecule has 4 rings (SSSR count). The van der Waals surface area contributed by atoms with Crippen molar-refractivity contribution in [2.45, 2.75) is 32.1 Å². The number of esters is 1. The highest BCUT2D eigenvalue weighted by molar-refractivity contribution is 6.16. The Morgan fingerprint density at radius 1 is 1.08 bits per heavy atom. The zero-order valence-electron chi connectivity index (χ0n) is 13.8.